The number of nitrogens with zero attached hydrogens (tertiary/aromatic N) is 2. The van der Waals surface area contributed by atoms with E-state index in [-0.39, 0.29) is 11.1 Å². The molecule has 4 rings (SSSR count). The summed E-state index contributed by atoms with van der Waals surface area (Å²) in [6, 6.07) is 10.6. The van der Waals surface area contributed by atoms with E-state index >= 15 is 0 Å². The Morgan fingerprint density at radius 1 is 1.20 bits per heavy atom. The van der Waals surface area contributed by atoms with Crippen molar-refractivity contribution in [3.05, 3.63) is 49.2 Å². The van der Waals surface area contributed by atoms with Gasteiger partial charge in [-0.05, 0) is 76.3 Å². The van der Waals surface area contributed by atoms with Crippen LogP contribution in [-0.4, -0.2) is 33.7 Å². The van der Waals surface area contributed by atoms with Gasteiger partial charge in [0.25, 0.3) is 0 Å². The molecule has 0 aliphatic carbocycles. The van der Waals surface area contributed by atoms with E-state index in [1.165, 1.54) is 10.1 Å². The van der Waals surface area contributed by atoms with E-state index in [4.69, 9.17) is 9.72 Å². The standard InChI is InChI=1S/C24H30N4OS/c1-6-11-29-18-8-7-16-12-21(30-20(16)13-18)19-9-10-25-22(27-19)26-17-14-23(2,3)28-24(4,5)15-17/h6-10,12-13,17,28H,1,11,14-15H2,2-5H3,(H,25,26,27). The van der Waals surface area contributed by atoms with Gasteiger partial charge in [0.05, 0.1) is 10.6 Å². The van der Waals surface area contributed by atoms with Crippen LogP contribution in [0, 0.1) is 0 Å². The normalized spacial score (nSPS) is 18.3. The number of aromatic nitrogens is 2. The van der Waals surface area contributed by atoms with Crippen molar-refractivity contribution in [1.29, 1.82) is 0 Å². The second kappa shape index (κ2) is 8.00. The molecule has 1 aromatic carbocycles. The minimum absolute atomic E-state index is 0.0773. The number of nitrogens with one attached hydrogen (secondary N) is 2. The molecule has 0 bridgehead atoms. The predicted octanol–water partition coefficient (Wildman–Crippen LogP) is 5.64. The molecular weight excluding hydrogens is 392 g/mol. The van der Waals surface area contributed by atoms with Gasteiger partial charge in [0.2, 0.25) is 5.95 Å². The van der Waals surface area contributed by atoms with Crippen LogP contribution < -0.4 is 15.4 Å². The van der Waals surface area contributed by atoms with E-state index in [0.717, 1.165) is 29.2 Å². The molecule has 3 heterocycles. The quantitative estimate of drug-likeness (QED) is 0.503. The second-order valence-electron chi connectivity index (χ2n) is 9.32. The summed E-state index contributed by atoms with van der Waals surface area (Å²) >= 11 is 1.72. The smallest absolute Gasteiger partial charge is 0.223 e. The van der Waals surface area contributed by atoms with E-state index in [1.54, 1.807) is 17.4 Å². The molecule has 2 N–H and O–H groups in total. The number of thiophene rings is 1. The van der Waals surface area contributed by atoms with E-state index in [2.05, 4.69) is 68.1 Å². The number of anilines is 1. The van der Waals surface area contributed by atoms with Crippen LogP contribution >= 0.6 is 11.3 Å². The maximum absolute atomic E-state index is 5.66. The summed E-state index contributed by atoms with van der Waals surface area (Å²) in [5, 5.41) is 8.49. The second-order valence-corrected chi connectivity index (χ2v) is 10.4. The Labute approximate surface area is 182 Å². The number of hydrogen-bond acceptors (Lipinski definition) is 6. The first-order valence-corrected chi connectivity index (χ1v) is 11.2. The molecule has 0 saturated carbocycles. The van der Waals surface area contributed by atoms with Crippen molar-refractivity contribution in [1.82, 2.24) is 15.3 Å². The Morgan fingerprint density at radius 3 is 2.70 bits per heavy atom. The van der Waals surface area contributed by atoms with Crippen molar-refractivity contribution in [3.63, 3.8) is 0 Å². The molecule has 6 heteroatoms. The number of hydrogen-bond donors (Lipinski definition) is 2. The van der Waals surface area contributed by atoms with E-state index < -0.39 is 0 Å². The van der Waals surface area contributed by atoms with Crippen LogP contribution in [0.15, 0.2) is 49.2 Å². The first-order valence-electron chi connectivity index (χ1n) is 10.4. The van der Waals surface area contributed by atoms with Gasteiger partial charge in [0.15, 0.2) is 0 Å². The summed E-state index contributed by atoms with van der Waals surface area (Å²) in [5.74, 6) is 1.55. The molecule has 5 nitrogen and oxygen atoms in total. The highest BCUT2D eigenvalue weighted by Gasteiger charge is 2.37. The predicted molar refractivity (Wildman–Crippen MR) is 126 cm³/mol. The van der Waals surface area contributed by atoms with Crippen molar-refractivity contribution in [2.24, 2.45) is 0 Å². The fourth-order valence-electron chi connectivity index (χ4n) is 4.56. The fraction of sp³-hybridized carbons (Fsp3) is 0.417. The van der Waals surface area contributed by atoms with Crippen molar-refractivity contribution in [2.45, 2.75) is 57.7 Å². The summed E-state index contributed by atoms with van der Waals surface area (Å²) in [6.45, 7) is 13.2. The Balaban J connectivity index is 1.55. The highest BCUT2D eigenvalue weighted by atomic mass is 32.1. The van der Waals surface area contributed by atoms with Gasteiger partial charge in [-0.1, -0.05) is 12.7 Å². The molecule has 30 heavy (non-hydrogen) atoms. The molecular formula is C24H30N4OS. The Morgan fingerprint density at radius 2 is 1.97 bits per heavy atom. The van der Waals surface area contributed by atoms with Gasteiger partial charge in [-0.3, -0.25) is 0 Å². The number of fused-ring (bicyclic) bond motifs is 1. The third kappa shape index (κ3) is 4.82. The lowest BCUT2D eigenvalue weighted by Gasteiger charge is -2.46. The molecule has 0 unspecified atom stereocenters. The number of ether oxygens (including phenoxy) is 1. The number of piperidine rings is 1. The van der Waals surface area contributed by atoms with Crippen LogP contribution in [-0.2, 0) is 0 Å². The molecule has 158 valence electrons. The molecule has 0 radical (unpaired) electrons. The van der Waals surface area contributed by atoms with Gasteiger partial charge in [-0.25, -0.2) is 9.97 Å². The minimum Gasteiger partial charge on any atom is -0.490 e. The van der Waals surface area contributed by atoms with Gasteiger partial charge < -0.3 is 15.4 Å². The van der Waals surface area contributed by atoms with Crippen LogP contribution in [0.25, 0.3) is 20.7 Å². The summed E-state index contributed by atoms with van der Waals surface area (Å²) in [7, 11) is 0. The zero-order valence-corrected chi connectivity index (χ0v) is 19.0. The summed E-state index contributed by atoms with van der Waals surface area (Å²) < 4.78 is 6.85. The van der Waals surface area contributed by atoms with Crippen LogP contribution in [0.4, 0.5) is 5.95 Å². The maximum Gasteiger partial charge on any atom is 0.223 e. The highest BCUT2D eigenvalue weighted by Crippen LogP contribution is 2.35. The third-order valence-corrected chi connectivity index (χ3v) is 6.41. The third-order valence-electron chi connectivity index (χ3n) is 5.29. The highest BCUT2D eigenvalue weighted by molar-refractivity contribution is 7.22. The lowest BCUT2D eigenvalue weighted by Crippen LogP contribution is -2.60. The lowest BCUT2D eigenvalue weighted by molar-refractivity contribution is 0.170. The fourth-order valence-corrected chi connectivity index (χ4v) is 5.62. The first kappa shape index (κ1) is 20.8. The zero-order valence-electron chi connectivity index (χ0n) is 18.2. The van der Waals surface area contributed by atoms with Crippen molar-refractivity contribution in [2.75, 3.05) is 11.9 Å². The van der Waals surface area contributed by atoms with Gasteiger partial charge in [0.1, 0.15) is 12.4 Å². The Hall–Kier alpha value is -2.44. The zero-order chi connectivity index (χ0) is 21.4. The van der Waals surface area contributed by atoms with Gasteiger partial charge in [0, 0.05) is 28.0 Å². The van der Waals surface area contributed by atoms with Crippen LogP contribution in [0.2, 0.25) is 0 Å². The monoisotopic (exact) mass is 422 g/mol. The molecule has 2 aromatic heterocycles. The van der Waals surface area contributed by atoms with E-state index in [1.807, 2.05) is 18.3 Å². The number of rotatable bonds is 6. The van der Waals surface area contributed by atoms with Crippen LogP contribution in [0.1, 0.15) is 40.5 Å². The average Bonchev–Trinajstić information content (AvgIpc) is 3.07. The minimum atomic E-state index is 0.0773. The van der Waals surface area contributed by atoms with Gasteiger partial charge in [-0.2, -0.15) is 0 Å². The Kier molecular flexibility index (Phi) is 5.55. The first-order chi connectivity index (χ1) is 14.2. The van der Waals surface area contributed by atoms with Crippen molar-refractivity contribution in [3.8, 4) is 16.3 Å². The van der Waals surface area contributed by atoms with Crippen LogP contribution in [0.3, 0.4) is 0 Å². The van der Waals surface area contributed by atoms with Crippen LogP contribution in [0.5, 0.6) is 5.75 Å². The molecule has 1 aliphatic rings. The van der Waals surface area contributed by atoms with E-state index in [0.29, 0.717) is 18.6 Å². The van der Waals surface area contributed by atoms with Crippen molar-refractivity contribution >= 4 is 27.4 Å². The lowest BCUT2D eigenvalue weighted by atomic mass is 9.80. The topological polar surface area (TPSA) is 59.1 Å². The largest absolute Gasteiger partial charge is 0.490 e. The molecule has 0 amide bonds. The number of benzene rings is 1. The molecule has 1 saturated heterocycles. The summed E-state index contributed by atoms with van der Waals surface area (Å²) in [5.41, 5.74) is 1.09. The Bertz CT molecular complexity index is 1040. The van der Waals surface area contributed by atoms with Gasteiger partial charge >= 0.3 is 0 Å². The van der Waals surface area contributed by atoms with Gasteiger partial charge in [-0.15, -0.1) is 11.3 Å². The molecule has 0 atom stereocenters. The summed E-state index contributed by atoms with van der Waals surface area (Å²) in [4.78, 5) is 10.4. The maximum atomic E-state index is 5.66. The molecule has 1 fully saturated rings. The van der Waals surface area contributed by atoms with E-state index in [9.17, 15) is 0 Å². The average molecular weight is 423 g/mol. The summed E-state index contributed by atoms with van der Waals surface area (Å²) in [6.07, 6.45) is 5.65. The molecule has 3 aromatic rings. The SMILES string of the molecule is C=CCOc1ccc2cc(-c3ccnc(NC4CC(C)(C)NC(C)(C)C4)n3)sc2c1. The molecule has 0 spiro atoms. The molecule has 1 aliphatic heterocycles. The van der Waals surface area contributed by atoms with Crippen molar-refractivity contribution < 1.29 is 4.74 Å².